The first-order valence-corrected chi connectivity index (χ1v) is 7.90. The highest BCUT2D eigenvalue weighted by Gasteiger charge is 2.33. The van der Waals surface area contributed by atoms with Crippen molar-refractivity contribution in [3.8, 4) is 11.1 Å². The minimum Gasteiger partial charge on any atom is -0.258 e. The van der Waals surface area contributed by atoms with E-state index in [-0.39, 0.29) is 21.4 Å². The average Bonchev–Trinajstić information content (AvgIpc) is 2.45. The van der Waals surface area contributed by atoms with Gasteiger partial charge in [0.15, 0.2) is 0 Å². The number of nitro groups is 1. The molecule has 0 unspecified atom stereocenters. The Kier molecular flexibility index (Phi) is 4.34. The van der Waals surface area contributed by atoms with Crippen molar-refractivity contribution in [2.24, 2.45) is 0 Å². The van der Waals surface area contributed by atoms with Gasteiger partial charge in [-0.1, -0.05) is 71.9 Å². The van der Waals surface area contributed by atoms with Gasteiger partial charge >= 0.3 is 0 Å². The Bertz CT molecular complexity index is 685. The van der Waals surface area contributed by atoms with Crippen LogP contribution in [0.3, 0.4) is 0 Å². The van der Waals surface area contributed by atoms with Gasteiger partial charge in [-0.25, -0.2) is 0 Å². The molecule has 0 spiro atoms. The predicted molar refractivity (Wildman–Crippen MR) is 95.9 cm³/mol. The molecule has 0 amide bonds. The van der Waals surface area contributed by atoms with E-state index in [0.717, 1.165) is 22.3 Å². The lowest BCUT2D eigenvalue weighted by atomic mass is 9.77. The Morgan fingerprint density at radius 3 is 1.57 bits per heavy atom. The number of rotatable bonds is 2. The molecule has 122 valence electrons. The van der Waals surface area contributed by atoms with Gasteiger partial charge in [-0.05, 0) is 34.1 Å². The second-order valence-corrected chi connectivity index (χ2v) is 8.04. The van der Waals surface area contributed by atoms with Gasteiger partial charge < -0.3 is 0 Å². The van der Waals surface area contributed by atoms with Gasteiger partial charge in [0.25, 0.3) is 5.69 Å². The average molecular weight is 311 g/mol. The molecule has 3 heteroatoms. The number of nitrogens with zero attached hydrogens (tertiary/aromatic N) is 1. The number of hydrogen-bond acceptors (Lipinski definition) is 2. The smallest absolute Gasteiger partial charge is 0.258 e. The van der Waals surface area contributed by atoms with E-state index < -0.39 is 0 Å². The van der Waals surface area contributed by atoms with Crippen LogP contribution in [0.1, 0.15) is 52.7 Å². The van der Waals surface area contributed by atoms with E-state index in [1.54, 1.807) is 0 Å². The highest BCUT2D eigenvalue weighted by molar-refractivity contribution is 5.70. The van der Waals surface area contributed by atoms with Crippen LogP contribution in [0.15, 0.2) is 42.5 Å². The van der Waals surface area contributed by atoms with Gasteiger partial charge in [-0.3, -0.25) is 10.1 Å². The van der Waals surface area contributed by atoms with Crippen molar-refractivity contribution in [1.82, 2.24) is 0 Å². The van der Waals surface area contributed by atoms with E-state index >= 15 is 0 Å². The van der Waals surface area contributed by atoms with E-state index in [9.17, 15) is 10.1 Å². The molecule has 0 saturated carbocycles. The van der Waals surface area contributed by atoms with Crippen LogP contribution in [0.2, 0.25) is 0 Å². The van der Waals surface area contributed by atoms with Gasteiger partial charge in [0, 0.05) is 11.1 Å². The van der Waals surface area contributed by atoms with Gasteiger partial charge in [-0.15, -0.1) is 0 Å². The van der Waals surface area contributed by atoms with Crippen LogP contribution in [0.25, 0.3) is 11.1 Å². The molecule has 0 atom stereocenters. The largest absolute Gasteiger partial charge is 0.276 e. The molecule has 2 aromatic carbocycles. The van der Waals surface area contributed by atoms with E-state index in [0.29, 0.717) is 0 Å². The minimum absolute atomic E-state index is 0.226. The van der Waals surface area contributed by atoms with Crippen LogP contribution in [0, 0.1) is 10.1 Å². The number of hydrogen-bond donors (Lipinski definition) is 0. The van der Waals surface area contributed by atoms with Gasteiger partial charge in [0.2, 0.25) is 0 Å². The summed E-state index contributed by atoms with van der Waals surface area (Å²) in [4.78, 5) is 11.6. The lowest BCUT2D eigenvalue weighted by Crippen LogP contribution is -2.20. The predicted octanol–water partition coefficient (Wildman–Crippen LogP) is 5.86. The maximum absolute atomic E-state index is 11.8. The normalized spacial score (nSPS) is 12.3. The first-order chi connectivity index (χ1) is 10.5. The summed E-state index contributed by atoms with van der Waals surface area (Å²) in [6.45, 7) is 12.1. The standard InChI is InChI=1S/C20H25NO2/c1-19(2,3)16-12-15(14-10-8-7-9-11-14)13-17(20(4,5)6)18(16)21(22)23/h7-13H,1-6H3. The lowest BCUT2D eigenvalue weighted by molar-refractivity contribution is -0.387. The third kappa shape index (κ3) is 3.61. The highest BCUT2D eigenvalue weighted by atomic mass is 16.6. The highest BCUT2D eigenvalue weighted by Crippen LogP contribution is 2.42. The van der Waals surface area contributed by atoms with Gasteiger partial charge in [0.05, 0.1) is 4.92 Å². The van der Waals surface area contributed by atoms with Crippen molar-refractivity contribution in [3.63, 3.8) is 0 Å². The molecule has 0 bridgehead atoms. The van der Waals surface area contributed by atoms with Crippen molar-refractivity contribution in [2.45, 2.75) is 52.4 Å². The lowest BCUT2D eigenvalue weighted by Gasteiger charge is -2.26. The monoisotopic (exact) mass is 311 g/mol. The molecule has 23 heavy (non-hydrogen) atoms. The van der Waals surface area contributed by atoms with E-state index in [1.165, 1.54) is 0 Å². The first kappa shape index (κ1) is 17.2. The molecule has 0 fully saturated rings. The van der Waals surface area contributed by atoms with E-state index in [4.69, 9.17) is 0 Å². The topological polar surface area (TPSA) is 43.1 Å². The molecule has 2 aromatic rings. The first-order valence-electron chi connectivity index (χ1n) is 7.90. The zero-order valence-electron chi connectivity index (χ0n) is 14.8. The van der Waals surface area contributed by atoms with Crippen molar-refractivity contribution in [3.05, 3.63) is 63.7 Å². The van der Waals surface area contributed by atoms with E-state index in [1.807, 2.05) is 84.0 Å². The van der Waals surface area contributed by atoms with Crippen molar-refractivity contribution in [2.75, 3.05) is 0 Å². The molecule has 0 aromatic heterocycles. The number of benzene rings is 2. The summed E-state index contributed by atoms with van der Waals surface area (Å²) in [5.74, 6) is 0. The van der Waals surface area contributed by atoms with Crippen molar-refractivity contribution in [1.29, 1.82) is 0 Å². The van der Waals surface area contributed by atoms with Crippen LogP contribution in [-0.2, 0) is 10.8 Å². The molecule has 0 aliphatic rings. The Balaban J connectivity index is 2.87. The summed E-state index contributed by atoms with van der Waals surface area (Å²) in [6, 6.07) is 14.0. The fourth-order valence-electron chi connectivity index (χ4n) is 2.77. The fraction of sp³-hybridized carbons (Fsp3) is 0.400. The third-order valence-electron chi connectivity index (χ3n) is 4.02. The molecule has 0 aliphatic heterocycles. The minimum atomic E-state index is -0.298. The van der Waals surface area contributed by atoms with Crippen LogP contribution in [0.5, 0.6) is 0 Å². The summed E-state index contributed by atoms with van der Waals surface area (Å²) in [5, 5.41) is 11.8. The molecule has 0 saturated heterocycles. The second kappa shape index (κ2) is 5.80. The summed E-state index contributed by atoms with van der Waals surface area (Å²) >= 11 is 0. The van der Waals surface area contributed by atoms with Crippen LogP contribution < -0.4 is 0 Å². The zero-order chi connectivity index (χ0) is 17.4. The van der Waals surface area contributed by atoms with Crippen LogP contribution in [0.4, 0.5) is 5.69 Å². The molecular formula is C20H25NO2. The van der Waals surface area contributed by atoms with Crippen molar-refractivity contribution >= 4 is 5.69 Å². The SMILES string of the molecule is CC(C)(C)c1cc(-c2ccccc2)cc(C(C)(C)C)c1[N+](=O)[O-]. The maximum Gasteiger partial charge on any atom is 0.276 e. The molecule has 0 heterocycles. The summed E-state index contributed by atoms with van der Waals surface area (Å²) in [7, 11) is 0. The van der Waals surface area contributed by atoms with Gasteiger partial charge in [0.1, 0.15) is 0 Å². The summed E-state index contributed by atoms with van der Waals surface area (Å²) in [6.07, 6.45) is 0. The fourth-order valence-corrected chi connectivity index (χ4v) is 2.77. The van der Waals surface area contributed by atoms with Crippen molar-refractivity contribution < 1.29 is 4.92 Å². The third-order valence-corrected chi connectivity index (χ3v) is 4.02. The summed E-state index contributed by atoms with van der Waals surface area (Å²) in [5.41, 5.74) is 3.34. The van der Waals surface area contributed by atoms with Crippen LogP contribution >= 0.6 is 0 Å². The van der Waals surface area contributed by atoms with E-state index in [2.05, 4.69) is 0 Å². The molecule has 0 N–H and O–H groups in total. The molecule has 0 aliphatic carbocycles. The van der Waals surface area contributed by atoms with Crippen LogP contribution in [-0.4, -0.2) is 4.92 Å². The van der Waals surface area contributed by atoms with Gasteiger partial charge in [-0.2, -0.15) is 0 Å². The molecular weight excluding hydrogens is 286 g/mol. The molecule has 3 nitrogen and oxygen atoms in total. The Hall–Kier alpha value is -2.16. The Morgan fingerprint density at radius 1 is 0.783 bits per heavy atom. The summed E-state index contributed by atoms with van der Waals surface area (Å²) < 4.78 is 0. The molecule has 0 radical (unpaired) electrons. The zero-order valence-corrected chi connectivity index (χ0v) is 14.8. The second-order valence-electron chi connectivity index (χ2n) is 8.04. The Morgan fingerprint density at radius 2 is 1.22 bits per heavy atom. The quantitative estimate of drug-likeness (QED) is 0.515. The Labute approximate surface area is 138 Å². The molecule has 2 rings (SSSR count). The maximum atomic E-state index is 11.8. The number of nitro benzene ring substituents is 1.